The summed E-state index contributed by atoms with van der Waals surface area (Å²) in [5, 5.41) is 1.03. The van der Waals surface area contributed by atoms with E-state index in [2.05, 4.69) is 9.88 Å². The number of hydrogen-bond acceptors (Lipinski definition) is 6. The van der Waals surface area contributed by atoms with Gasteiger partial charge in [-0.1, -0.05) is 18.2 Å². The first-order valence-electron chi connectivity index (χ1n) is 12.1. The number of para-hydroxylation sites is 1. The van der Waals surface area contributed by atoms with Gasteiger partial charge >= 0.3 is 6.09 Å². The predicted molar refractivity (Wildman–Crippen MR) is 137 cm³/mol. The zero-order chi connectivity index (χ0) is 25.4. The number of Topliss-reactive ketones (excluding diaryl/α,β-unsaturated/α-hetero) is 1. The number of benzene rings is 2. The van der Waals surface area contributed by atoms with Crippen LogP contribution in [0.1, 0.15) is 42.3 Å². The summed E-state index contributed by atoms with van der Waals surface area (Å²) in [7, 11) is 1.62. The maximum Gasteiger partial charge on any atom is 0.410 e. The van der Waals surface area contributed by atoms with Crippen molar-refractivity contribution in [3.63, 3.8) is 0 Å². The highest BCUT2D eigenvalue weighted by Crippen LogP contribution is 2.41. The minimum Gasteiger partial charge on any atom is -0.496 e. The van der Waals surface area contributed by atoms with Crippen LogP contribution >= 0.6 is 0 Å². The normalized spacial score (nSPS) is 17.4. The summed E-state index contributed by atoms with van der Waals surface area (Å²) in [5.74, 6) is 1.36. The van der Waals surface area contributed by atoms with Gasteiger partial charge in [0.25, 0.3) is 0 Å². The van der Waals surface area contributed by atoms with Crippen LogP contribution < -0.4 is 9.47 Å². The molecular formula is C28H31N3O5. The fourth-order valence-electron chi connectivity index (χ4n) is 4.62. The van der Waals surface area contributed by atoms with Crippen LogP contribution in [0.5, 0.6) is 11.5 Å². The standard InChI is InChI=1S/C28H31N3O5/c1-28(2,3)36-27(33)31-13-11-30(12-14-31)17-21-23(34-4)10-9-20-25(32)24(35-26(20)21)15-18-16-29-22-8-6-5-7-19(18)22/h5-10,15-16,29H,11-14,17H2,1-4H3/b24-15-. The average Bonchev–Trinajstić information content (AvgIpc) is 3.40. The summed E-state index contributed by atoms with van der Waals surface area (Å²) >= 11 is 0. The molecule has 3 heterocycles. The number of carbonyl (C=O) groups excluding carboxylic acids is 2. The first-order chi connectivity index (χ1) is 17.2. The van der Waals surface area contributed by atoms with Gasteiger partial charge in [0.05, 0.1) is 18.2 Å². The highest BCUT2D eigenvalue weighted by molar-refractivity contribution is 6.15. The van der Waals surface area contributed by atoms with E-state index in [0.29, 0.717) is 55.5 Å². The molecule has 1 N–H and O–H groups in total. The van der Waals surface area contributed by atoms with Crippen LogP contribution in [0.4, 0.5) is 4.79 Å². The van der Waals surface area contributed by atoms with Gasteiger partial charge in [-0.05, 0) is 45.0 Å². The largest absolute Gasteiger partial charge is 0.496 e. The number of allylic oxidation sites excluding steroid dienone is 1. The lowest BCUT2D eigenvalue weighted by Crippen LogP contribution is -2.49. The molecule has 36 heavy (non-hydrogen) atoms. The second-order valence-electron chi connectivity index (χ2n) is 10.1. The first-order valence-corrected chi connectivity index (χ1v) is 12.1. The fraction of sp³-hybridized carbons (Fsp3) is 0.357. The predicted octanol–water partition coefficient (Wildman–Crippen LogP) is 4.85. The third kappa shape index (κ3) is 4.68. The lowest BCUT2D eigenvalue weighted by molar-refractivity contribution is 0.0138. The molecule has 3 aromatic rings. The number of nitrogens with one attached hydrogen (secondary N) is 1. The average molecular weight is 490 g/mol. The minimum absolute atomic E-state index is 0.145. The van der Waals surface area contributed by atoms with E-state index in [0.717, 1.165) is 22.0 Å². The third-order valence-electron chi connectivity index (χ3n) is 6.43. The number of aromatic nitrogens is 1. The summed E-state index contributed by atoms with van der Waals surface area (Å²) in [6.07, 6.45) is 3.38. The Hall–Kier alpha value is -3.78. The van der Waals surface area contributed by atoms with Gasteiger partial charge in [0, 0.05) is 55.4 Å². The van der Waals surface area contributed by atoms with Crippen molar-refractivity contribution in [2.75, 3.05) is 33.3 Å². The Morgan fingerprint density at radius 2 is 1.86 bits per heavy atom. The maximum atomic E-state index is 13.2. The molecule has 1 saturated heterocycles. The van der Waals surface area contributed by atoms with Crippen LogP contribution in [0.25, 0.3) is 17.0 Å². The number of aromatic amines is 1. The molecule has 2 aliphatic rings. The van der Waals surface area contributed by atoms with Gasteiger partial charge in [-0.2, -0.15) is 0 Å². The Morgan fingerprint density at radius 3 is 2.58 bits per heavy atom. The van der Waals surface area contributed by atoms with E-state index in [1.165, 1.54) is 0 Å². The van der Waals surface area contributed by atoms with Crippen molar-refractivity contribution in [3.8, 4) is 11.5 Å². The van der Waals surface area contributed by atoms with Crippen molar-refractivity contribution in [2.45, 2.75) is 32.9 Å². The number of piperazine rings is 1. The molecule has 8 nitrogen and oxygen atoms in total. The molecule has 1 amide bonds. The Kier molecular flexibility index (Phi) is 6.22. The van der Waals surface area contributed by atoms with Crippen LogP contribution in [-0.2, 0) is 11.3 Å². The number of H-pyrrole nitrogens is 1. The van der Waals surface area contributed by atoms with Crippen LogP contribution in [0.2, 0.25) is 0 Å². The topological polar surface area (TPSA) is 84.1 Å². The van der Waals surface area contributed by atoms with Gasteiger partial charge in [-0.15, -0.1) is 0 Å². The van der Waals surface area contributed by atoms with Crippen molar-refractivity contribution >= 4 is 28.9 Å². The number of methoxy groups -OCH3 is 1. The van der Waals surface area contributed by atoms with Crippen molar-refractivity contribution < 1.29 is 23.8 Å². The molecule has 0 aliphatic carbocycles. The van der Waals surface area contributed by atoms with E-state index in [4.69, 9.17) is 14.2 Å². The third-order valence-corrected chi connectivity index (χ3v) is 6.43. The Balaban J connectivity index is 1.35. The quantitative estimate of drug-likeness (QED) is 0.528. The highest BCUT2D eigenvalue weighted by atomic mass is 16.6. The monoisotopic (exact) mass is 489 g/mol. The molecule has 2 aliphatic heterocycles. The molecule has 8 heteroatoms. The lowest BCUT2D eigenvalue weighted by atomic mass is 10.0. The molecule has 5 rings (SSSR count). The summed E-state index contributed by atoms with van der Waals surface area (Å²) in [6, 6.07) is 11.5. The second-order valence-corrected chi connectivity index (χ2v) is 10.1. The Morgan fingerprint density at radius 1 is 1.11 bits per heavy atom. The molecule has 1 fully saturated rings. The highest BCUT2D eigenvalue weighted by Gasteiger charge is 2.33. The van der Waals surface area contributed by atoms with Gasteiger partial charge in [0.1, 0.15) is 17.1 Å². The SMILES string of the molecule is COc1ccc2c(c1CN1CCN(C(=O)OC(C)(C)C)CC1)O/C(=C\c1c[nH]c3ccccc13)C2=O. The number of fused-ring (bicyclic) bond motifs is 2. The molecule has 0 bridgehead atoms. The van der Waals surface area contributed by atoms with Gasteiger partial charge < -0.3 is 24.1 Å². The van der Waals surface area contributed by atoms with E-state index >= 15 is 0 Å². The van der Waals surface area contributed by atoms with Crippen LogP contribution in [0, 0.1) is 0 Å². The number of nitrogens with zero attached hydrogens (tertiary/aromatic N) is 2. The molecule has 188 valence electrons. The first kappa shape index (κ1) is 23.9. The number of amides is 1. The number of rotatable bonds is 4. The second kappa shape index (κ2) is 9.35. The molecular weight excluding hydrogens is 458 g/mol. The van der Waals surface area contributed by atoms with Crippen LogP contribution in [0.3, 0.4) is 0 Å². The number of hydrogen-bond donors (Lipinski definition) is 1. The molecule has 0 atom stereocenters. The van der Waals surface area contributed by atoms with E-state index < -0.39 is 5.60 Å². The zero-order valence-corrected chi connectivity index (χ0v) is 21.1. The smallest absolute Gasteiger partial charge is 0.410 e. The molecule has 0 radical (unpaired) electrons. The van der Waals surface area contributed by atoms with Gasteiger partial charge in [-0.25, -0.2) is 4.79 Å². The molecule has 1 aromatic heterocycles. The maximum absolute atomic E-state index is 13.2. The molecule has 2 aromatic carbocycles. The molecule has 0 spiro atoms. The van der Waals surface area contributed by atoms with E-state index in [1.54, 1.807) is 24.2 Å². The number of carbonyl (C=O) groups is 2. The van der Waals surface area contributed by atoms with Crippen LogP contribution in [0.15, 0.2) is 48.4 Å². The zero-order valence-electron chi connectivity index (χ0n) is 21.1. The molecule has 0 unspecified atom stereocenters. The number of ether oxygens (including phenoxy) is 3. The number of ketones is 1. The summed E-state index contributed by atoms with van der Waals surface area (Å²) < 4.78 is 17.3. The molecule has 0 saturated carbocycles. The van der Waals surface area contributed by atoms with Crippen molar-refractivity contribution in [1.82, 2.24) is 14.8 Å². The lowest BCUT2D eigenvalue weighted by Gasteiger charge is -2.35. The van der Waals surface area contributed by atoms with Gasteiger partial charge in [0.2, 0.25) is 5.78 Å². The van der Waals surface area contributed by atoms with Crippen LogP contribution in [-0.4, -0.2) is 65.6 Å². The summed E-state index contributed by atoms with van der Waals surface area (Å²) in [5.41, 5.74) is 2.74. The Labute approximate surface area is 210 Å². The summed E-state index contributed by atoms with van der Waals surface area (Å²) in [6.45, 7) is 8.64. The minimum atomic E-state index is -0.520. The van der Waals surface area contributed by atoms with Gasteiger partial charge in [0.15, 0.2) is 5.76 Å². The van der Waals surface area contributed by atoms with Crippen molar-refractivity contribution in [3.05, 3.63) is 65.0 Å². The van der Waals surface area contributed by atoms with Gasteiger partial charge in [-0.3, -0.25) is 9.69 Å². The van der Waals surface area contributed by atoms with E-state index in [-0.39, 0.29) is 11.9 Å². The van der Waals surface area contributed by atoms with E-state index in [9.17, 15) is 9.59 Å². The van der Waals surface area contributed by atoms with Crippen molar-refractivity contribution in [2.24, 2.45) is 0 Å². The summed E-state index contributed by atoms with van der Waals surface area (Å²) in [4.78, 5) is 32.8. The van der Waals surface area contributed by atoms with Crippen molar-refractivity contribution in [1.29, 1.82) is 0 Å². The Bertz CT molecular complexity index is 1340. The van der Waals surface area contributed by atoms with E-state index in [1.807, 2.05) is 57.3 Å². The fourth-order valence-corrected chi connectivity index (χ4v) is 4.62.